The van der Waals surface area contributed by atoms with E-state index in [2.05, 4.69) is 27.8 Å². The zero-order valence-corrected chi connectivity index (χ0v) is 13.3. The van der Waals surface area contributed by atoms with E-state index >= 15 is 0 Å². The molecule has 110 valence electrons. The molecule has 1 rings (SSSR count). The van der Waals surface area contributed by atoms with Crippen LogP contribution in [0.1, 0.15) is 12.5 Å². The van der Waals surface area contributed by atoms with Crippen LogP contribution in [0, 0.1) is 0 Å². The van der Waals surface area contributed by atoms with Gasteiger partial charge in [-0.1, -0.05) is 34.1 Å². The summed E-state index contributed by atoms with van der Waals surface area (Å²) in [5, 5.41) is 11.9. The van der Waals surface area contributed by atoms with Crippen LogP contribution >= 0.6 is 15.9 Å². The predicted octanol–water partition coefficient (Wildman–Crippen LogP) is 2.57. The van der Waals surface area contributed by atoms with Gasteiger partial charge in [0, 0.05) is 23.6 Å². The molecule has 0 saturated carbocycles. The molecule has 1 aromatic carbocycles. The van der Waals surface area contributed by atoms with E-state index in [9.17, 15) is 4.79 Å². The first-order valence-electron chi connectivity index (χ1n) is 6.58. The Morgan fingerprint density at radius 2 is 2.35 bits per heavy atom. The number of nitrogens with zero attached hydrogens (tertiary/aromatic N) is 1. The van der Waals surface area contributed by atoms with Gasteiger partial charge in [-0.05, 0) is 31.0 Å². The monoisotopic (exact) mass is 340 g/mol. The third-order valence-corrected chi connectivity index (χ3v) is 3.30. The van der Waals surface area contributed by atoms with Gasteiger partial charge in [0.2, 0.25) is 0 Å². The number of rotatable bonds is 7. The first-order chi connectivity index (χ1) is 9.56. The summed E-state index contributed by atoms with van der Waals surface area (Å²) >= 11 is 3.43. The summed E-state index contributed by atoms with van der Waals surface area (Å²) in [5.74, 6) is 0. The number of hydrogen-bond acceptors (Lipinski definition) is 2. The fourth-order valence-corrected chi connectivity index (χ4v) is 2.37. The molecule has 2 amide bonds. The second kappa shape index (κ2) is 8.76. The number of benzene rings is 1. The number of amides is 2. The van der Waals surface area contributed by atoms with Crippen LogP contribution in [-0.4, -0.2) is 41.8 Å². The highest BCUT2D eigenvalue weighted by Crippen LogP contribution is 2.13. The summed E-state index contributed by atoms with van der Waals surface area (Å²) in [6.45, 7) is 6.25. The van der Waals surface area contributed by atoms with Crippen LogP contribution in [0.4, 0.5) is 4.79 Å². The van der Waals surface area contributed by atoms with Crippen molar-refractivity contribution >= 4 is 22.0 Å². The minimum Gasteiger partial charge on any atom is -0.395 e. The number of aliphatic hydroxyl groups is 1. The number of aliphatic hydroxyl groups excluding tert-OH is 1. The highest BCUT2D eigenvalue weighted by Gasteiger charge is 2.14. The summed E-state index contributed by atoms with van der Waals surface area (Å²) in [7, 11) is 0. The number of carbonyl (C=O) groups excluding carboxylic acids is 1. The van der Waals surface area contributed by atoms with Crippen molar-refractivity contribution in [3.05, 3.63) is 47.0 Å². The summed E-state index contributed by atoms with van der Waals surface area (Å²) < 4.78 is 1.03. The Bertz CT molecular complexity index is 451. The fourth-order valence-electron chi connectivity index (χ4n) is 1.92. The lowest BCUT2D eigenvalue weighted by atomic mass is 10.1. The quantitative estimate of drug-likeness (QED) is 0.749. The summed E-state index contributed by atoms with van der Waals surface area (Å²) in [6.07, 6.45) is 2.40. The highest BCUT2D eigenvalue weighted by molar-refractivity contribution is 9.10. The van der Waals surface area contributed by atoms with Gasteiger partial charge in [-0.3, -0.25) is 0 Å². The zero-order chi connectivity index (χ0) is 15.0. The van der Waals surface area contributed by atoms with Crippen LogP contribution < -0.4 is 5.32 Å². The average Bonchev–Trinajstić information content (AvgIpc) is 2.38. The maximum absolute atomic E-state index is 12.0. The number of carbonyl (C=O) groups is 1. The lowest BCUT2D eigenvalue weighted by Gasteiger charge is -2.23. The zero-order valence-electron chi connectivity index (χ0n) is 11.7. The molecule has 4 nitrogen and oxygen atoms in total. The Balaban J connectivity index is 2.53. The normalized spacial score (nSPS) is 11.8. The maximum atomic E-state index is 12.0. The molecule has 1 unspecified atom stereocenters. The Kier molecular flexibility index (Phi) is 7.33. The number of nitrogens with one attached hydrogen (secondary N) is 1. The Morgan fingerprint density at radius 3 is 2.95 bits per heavy atom. The lowest BCUT2D eigenvalue weighted by molar-refractivity contribution is 0.181. The van der Waals surface area contributed by atoms with E-state index < -0.39 is 0 Å². The molecule has 0 aliphatic rings. The van der Waals surface area contributed by atoms with E-state index in [1.165, 1.54) is 4.90 Å². The van der Waals surface area contributed by atoms with E-state index in [-0.39, 0.29) is 18.7 Å². The minimum atomic E-state index is -0.179. The van der Waals surface area contributed by atoms with Crippen molar-refractivity contribution in [3.8, 4) is 0 Å². The molecule has 5 heteroatoms. The van der Waals surface area contributed by atoms with Crippen molar-refractivity contribution in [2.45, 2.75) is 19.4 Å². The average molecular weight is 341 g/mol. The molecule has 0 fully saturated rings. The largest absolute Gasteiger partial charge is 0.395 e. The third-order valence-electron chi connectivity index (χ3n) is 2.81. The van der Waals surface area contributed by atoms with Crippen LogP contribution in [0.15, 0.2) is 41.4 Å². The van der Waals surface area contributed by atoms with E-state index in [4.69, 9.17) is 5.11 Å². The van der Waals surface area contributed by atoms with Gasteiger partial charge in [0.15, 0.2) is 0 Å². The number of halogens is 1. The van der Waals surface area contributed by atoms with Crippen molar-refractivity contribution in [2.24, 2.45) is 0 Å². The van der Waals surface area contributed by atoms with Gasteiger partial charge in [-0.15, -0.1) is 6.58 Å². The van der Waals surface area contributed by atoms with Gasteiger partial charge in [0.05, 0.1) is 6.61 Å². The van der Waals surface area contributed by atoms with Crippen molar-refractivity contribution in [1.29, 1.82) is 0 Å². The topological polar surface area (TPSA) is 52.6 Å². The molecule has 2 N–H and O–H groups in total. The molecule has 0 heterocycles. The first kappa shape index (κ1) is 16.7. The van der Waals surface area contributed by atoms with Crippen LogP contribution in [-0.2, 0) is 6.42 Å². The van der Waals surface area contributed by atoms with Gasteiger partial charge in [-0.2, -0.15) is 0 Å². The van der Waals surface area contributed by atoms with Crippen LogP contribution in [0.2, 0.25) is 0 Å². The number of urea groups is 1. The fraction of sp³-hybridized carbons (Fsp3) is 0.400. The minimum absolute atomic E-state index is 0.0165. The molecule has 0 aliphatic carbocycles. The maximum Gasteiger partial charge on any atom is 0.317 e. The second-order valence-electron chi connectivity index (χ2n) is 4.64. The van der Waals surface area contributed by atoms with Crippen molar-refractivity contribution in [2.75, 3.05) is 19.7 Å². The van der Waals surface area contributed by atoms with Gasteiger partial charge in [-0.25, -0.2) is 4.79 Å². The Morgan fingerprint density at radius 1 is 1.60 bits per heavy atom. The van der Waals surface area contributed by atoms with Gasteiger partial charge in [0.1, 0.15) is 0 Å². The molecule has 0 aromatic heterocycles. The summed E-state index contributed by atoms with van der Waals surface area (Å²) in [6, 6.07) is 7.86. The van der Waals surface area contributed by atoms with E-state index in [0.717, 1.165) is 16.5 Å². The SMILES string of the molecule is C=CCN(CCO)C(=O)NC(C)Cc1cccc(Br)c1. The molecule has 0 bridgehead atoms. The van der Waals surface area contributed by atoms with E-state index in [1.54, 1.807) is 6.08 Å². The van der Waals surface area contributed by atoms with Gasteiger partial charge < -0.3 is 15.3 Å². The standard InChI is InChI=1S/C15H21BrN2O2/c1-3-7-18(8-9-19)15(20)17-12(2)10-13-5-4-6-14(16)11-13/h3-6,11-12,19H,1,7-10H2,2H3,(H,17,20). The molecule has 0 spiro atoms. The third kappa shape index (κ3) is 5.75. The molecule has 0 saturated heterocycles. The smallest absolute Gasteiger partial charge is 0.317 e. The summed E-state index contributed by atoms with van der Waals surface area (Å²) in [5.41, 5.74) is 1.16. The Hall–Kier alpha value is -1.33. The molecular formula is C15H21BrN2O2. The van der Waals surface area contributed by atoms with Crippen molar-refractivity contribution < 1.29 is 9.90 Å². The Labute approximate surface area is 128 Å². The highest BCUT2D eigenvalue weighted by atomic mass is 79.9. The molecule has 1 aromatic rings. The van der Waals surface area contributed by atoms with E-state index in [1.807, 2.05) is 31.2 Å². The van der Waals surface area contributed by atoms with Gasteiger partial charge >= 0.3 is 6.03 Å². The summed E-state index contributed by atoms with van der Waals surface area (Å²) in [4.78, 5) is 13.6. The molecular weight excluding hydrogens is 320 g/mol. The van der Waals surface area contributed by atoms with Crippen LogP contribution in [0.3, 0.4) is 0 Å². The van der Waals surface area contributed by atoms with Crippen LogP contribution in [0.5, 0.6) is 0 Å². The first-order valence-corrected chi connectivity index (χ1v) is 7.37. The lowest BCUT2D eigenvalue weighted by Crippen LogP contribution is -2.45. The molecule has 0 radical (unpaired) electrons. The predicted molar refractivity (Wildman–Crippen MR) is 84.7 cm³/mol. The molecule has 1 atom stereocenters. The second-order valence-corrected chi connectivity index (χ2v) is 5.56. The van der Waals surface area contributed by atoms with Crippen molar-refractivity contribution in [3.63, 3.8) is 0 Å². The molecule has 20 heavy (non-hydrogen) atoms. The van der Waals surface area contributed by atoms with Crippen molar-refractivity contribution in [1.82, 2.24) is 10.2 Å². The van der Waals surface area contributed by atoms with Crippen LogP contribution in [0.25, 0.3) is 0 Å². The molecule has 0 aliphatic heterocycles. The van der Waals surface area contributed by atoms with Gasteiger partial charge in [0.25, 0.3) is 0 Å². The number of hydrogen-bond donors (Lipinski definition) is 2. The van der Waals surface area contributed by atoms with E-state index in [0.29, 0.717) is 13.1 Å².